The molecule has 1 aliphatic rings. The lowest BCUT2D eigenvalue weighted by Crippen LogP contribution is -2.42. The van der Waals surface area contributed by atoms with Gasteiger partial charge in [-0.15, -0.1) is 0 Å². The van der Waals surface area contributed by atoms with Gasteiger partial charge in [-0.05, 0) is 37.5 Å². The zero-order valence-electron chi connectivity index (χ0n) is 12.7. The Morgan fingerprint density at radius 3 is 2.43 bits per heavy atom. The fraction of sp³-hybridized carbons (Fsp3) is 0.562. The third kappa shape index (κ3) is 4.43. The van der Waals surface area contributed by atoms with Crippen LogP contribution in [0.2, 0.25) is 0 Å². The van der Waals surface area contributed by atoms with Crippen LogP contribution in [0.4, 0.5) is 17.6 Å². The normalized spacial score (nSPS) is 20.8. The number of carbonyl (C=O) groups excluding carboxylic acids is 1. The van der Waals surface area contributed by atoms with Gasteiger partial charge in [0.1, 0.15) is 0 Å². The minimum atomic E-state index is -2.71. The number of nitrogens with one attached hydrogen (secondary N) is 1. The van der Waals surface area contributed by atoms with Crippen LogP contribution in [0.15, 0.2) is 18.2 Å². The molecule has 1 aromatic rings. The van der Waals surface area contributed by atoms with E-state index in [1.165, 1.54) is 13.0 Å². The van der Waals surface area contributed by atoms with E-state index >= 15 is 0 Å². The van der Waals surface area contributed by atoms with Crippen molar-refractivity contribution in [2.75, 3.05) is 0 Å². The first-order chi connectivity index (χ1) is 10.7. The first-order valence-corrected chi connectivity index (χ1v) is 7.51. The molecule has 128 valence electrons. The summed E-state index contributed by atoms with van der Waals surface area (Å²) in [5.41, 5.74) is 0.131. The molecule has 0 heterocycles. The molecule has 1 saturated carbocycles. The SMILES string of the molecule is CC(NC(=O)C1CCC(F)(F)CC1)C(O)c1ccc(F)c(F)c1. The number of benzene rings is 1. The molecule has 2 unspecified atom stereocenters. The van der Waals surface area contributed by atoms with Crippen molar-refractivity contribution in [1.82, 2.24) is 5.32 Å². The second kappa shape index (κ2) is 6.86. The van der Waals surface area contributed by atoms with Gasteiger partial charge in [0.2, 0.25) is 11.8 Å². The van der Waals surface area contributed by atoms with Gasteiger partial charge in [0, 0.05) is 18.8 Å². The summed E-state index contributed by atoms with van der Waals surface area (Å²) in [6, 6.07) is 2.23. The van der Waals surface area contributed by atoms with Crippen LogP contribution in [0.5, 0.6) is 0 Å². The van der Waals surface area contributed by atoms with E-state index in [4.69, 9.17) is 0 Å². The molecular weight excluding hydrogens is 314 g/mol. The van der Waals surface area contributed by atoms with Gasteiger partial charge in [-0.3, -0.25) is 4.79 Å². The summed E-state index contributed by atoms with van der Waals surface area (Å²) >= 11 is 0. The molecule has 7 heteroatoms. The minimum absolute atomic E-state index is 0.0901. The third-order valence-corrected chi connectivity index (χ3v) is 4.22. The predicted octanol–water partition coefficient (Wildman–Crippen LogP) is 3.33. The van der Waals surface area contributed by atoms with Gasteiger partial charge in [-0.2, -0.15) is 0 Å². The van der Waals surface area contributed by atoms with Crippen molar-refractivity contribution in [3.05, 3.63) is 35.4 Å². The van der Waals surface area contributed by atoms with Crippen molar-refractivity contribution in [2.45, 2.75) is 50.7 Å². The summed E-state index contributed by atoms with van der Waals surface area (Å²) in [5, 5.41) is 12.7. The number of aliphatic hydroxyl groups is 1. The van der Waals surface area contributed by atoms with E-state index in [1.807, 2.05) is 0 Å². The van der Waals surface area contributed by atoms with Crippen LogP contribution in [0, 0.1) is 17.6 Å². The van der Waals surface area contributed by atoms with Gasteiger partial charge in [-0.25, -0.2) is 17.6 Å². The van der Waals surface area contributed by atoms with Crippen molar-refractivity contribution >= 4 is 5.91 Å². The molecule has 2 atom stereocenters. The van der Waals surface area contributed by atoms with Crippen molar-refractivity contribution < 1.29 is 27.5 Å². The lowest BCUT2D eigenvalue weighted by molar-refractivity contribution is -0.130. The number of alkyl halides is 2. The Balaban J connectivity index is 1.94. The van der Waals surface area contributed by atoms with E-state index in [0.717, 1.165) is 12.1 Å². The second-order valence-corrected chi connectivity index (χ2v) is 6.05. The zero-order chi connectivity index (χ0) is 17.2. The zero-order valence-corrected chi connectivity index (χ0v) is 12.7. The first-order valence-electron chi connectivity index (χ1n) is 7.51. The molecule has 0 radical (unpaired) electrons. The molecule has 2 N–H and O–H groups in total. The Morgan fingerprint density at radius 2 is 1.87 bits per heavy atom. The van der Waals surface area contributed by atoms with Crippen molar-refractivity contribution in [2.24, 2.45) is 5.92 Å². The van der Waals surface area contributed by atoms with E-state index in [2.05, 4.69) is 5.32 Å². The summed E-state index contributed by atoms with van der Waals surface area (Å²) < 4.78 is 52.2. The van der Waals surface area contributed by atoms with Gasteiger partial charge >= 0.3 is 0 Å². The highest BCUT2D eigenvalue weighted by Crippen LogP contribution is 2.36. The van der Waals surface area contributed by atoms with Crippen molar-refractivity contribution in [3.63, 3.8) is 0 Å². The van der Waals surface area contributed by atoms with Gasteiger partial charge in [-0.1, -0.05) is 6.07 Å². The van der Waals surface area contributed by atoms with Gasteiger partial charge < -0.3 is 10.4 Å². The van der Waals surface area contributed by atoms with Gasteiger partial charge in [0.25, 0.3) is 0 Å². The van der Waals surface area contributed by atoms with E-state index in [0.29, 0.717) is 0 Å². The van der Waals surface area contributed by atoms with Crippen molar-refractivity contribution in [3.8, 4) is 0 Å². The molecule has 0 aromatic heterocycles. The van der Waals surface area contributed by atoms with E-state index < -0.39 is 41.5 Å². The van der Waals surface area contributed by atoms with Crippen LogP contribution in [0.1, 0.15) is 44.3 Å². The quantitative estimate of drug-likeness (QED) is 0.831. The predicted molar refractivity (Wildman–Crippen MR) is 75.8 cm³/mol. The van der Waals surface area contributed by atoms with E-state index in [-0.39, 0.29) is 31.2 Å². The summed E-state index contributed by atoms with van der Waals surface area (Å²) in [7, 11) is 0. The van der Waals surface area contributed by atoms with Crippen LogP contribution in [-0.4, -0.2) is 23.0 Å². The van der Waals surface area contributed by atoms with Crippen molar-refractivity contribution in [1.29, 1.82) is 0 Å². The Kier molecular flexibility index (Phi) is 5.29. The van der Waals surface area contributed by atoms with E-state index in [9.17, 15) is 27.5 Å². The number of hydrogen-bond donors (Lipinski definition) is 2. The highest BCUT2D eigenvalue weighted by atomic mass is 19.3. The lowest BCUT2D eigenvalue weighted by atomic mass is 9.86. The molecule has 3 nitrogen and oxygen atoms in total. The average molecular weight is 333 g/mol. The van der Waals surface area contributed by atoms with Gasteiger partial charge in [0.15, 0.2) is 11.6 Å². The first kappa shape index (κ1) is 17.7. The number of amides is 1. The number of carbonyl (C=O) groups is 1. The Hall–Kier alpha value is -1.63. The Labute approximate surface area is 131 Å². The smallest absolute Gasteiger partial charge is 0.248 e. The second-order valence-electron chi connectivity index (χ2n) is 6.05. The fourth-order valence-electron chi connectivity index (χ4n) is 2.71. The van der Waals surface area contributed by atoms with Gasteiger partial charge in [0.05, 0.1) is 12.1 Å². The molecular formula is C16H19F4NO2. The lowest BCUT2D eigenvalue weighted by Gasteiger charge is -2.29. The monoisotopic (exact) mass is 333 g/mol. The van der Waals surface area contributed by atoms with Crippen LogP contribution in [0.3, 0.4) is 0 Å². The summed E-state index contributed by atoms with van der Waals surface area (Å²) in [6.07, 6.45) is -1.70. The highest BCUT2D eigenvalue weighted by Gasteiger charge is 2.37. The number of aliphatic hydroxyl groups excluding tert-OH is 1. The maximum atomic E-state index is 13.2. The molecule has 1 amide bonds. The molecule has 1 fully saturated rings. The third-order valence-electron chi connectivity index (χ3n) is 4.22. The van der Waals surface area contributed by atoms with Crippen LogP contribution in [0.25, 0.3) is 0 Å². The van der Waals surface area contributed by atoms with Crippen LogP contribution >= 0.6 is 0 Å². The Morgan fingerprint density at radius 1 is 1.26 bits per heavy atom. The standard InChI is InChI=1S/C16H19F4NO2/c1-9(14(22)11-2-3-12(17)13(18)8-11)21-15(23)10-4-6-16(19,20)7-5-10/h2-3,8-10,14,22H,4-7H2,1H3,(H,21,23). The molecule has 2 rings (SSSR count). The Bertz CT molecular complexity index is 569. The number of hydrogen-bond acceptors (Lipinski definition) is 2. The largest absolute Gasteiger partial charge is 0.386 e. The molecule has 0 bridgehead atoms. The molecule has 1 aliphatic carbocycles. The highest BCUT2D eigenvalue weighted by molar-refractivity contribution is 5.79. The number of halogens is 4. The fourth-order valence-corrected chi connectivity index (χ4v) is 2.71. The van der Waals surface area contributed by atoms with Crippen LogP contribution < -0.4 is 5.32 Å². The molecule has 0 spiro atoms. The molecule has 23 heavy (non-hydrogen) atoms. The summed E-state index contributed by atoms with van der Waals surface area (Å²) in [4.78, 5) is 12.1. The average Bonchev–Trinajstić information content (AvgIpc) is 2.49. The van der Waals surface area contributed by atoms with E-state index in [1.54, 1.807) is 0 Å². The molecule has 1 aromatic carbocycles. The number of rotatable bonds is 4. The maximum Gasteiger partial charge on any atom is 0.248 e. The topological polar surface area (TPSA) is 49.3 Å². The summed E-state index contributed by atoms with van der Waals surface area (Å²) in [5.74, 6) is -5.76. The maximum absolute atomic E-state index is 13.2. The molecule has 0 aliphatic heterocycles. The summed E-state index contributed by atoms with van der Waals surface area (Å²) in [6.45, 7) is 1.52. The van der Waals surface area contributed by atoms with Crippen LogP contribution in [-0.2, 0) is 4.79 Å². The molecule has 0 saturated heterocycles. The minimum Gasteiger partial charge on any atom is -0.386 e.